The van der Waals surface area contributed by atoms with Crippen molar-refractivity contribution in [3.63, 3.8) is 0 Å². The Morgan fingerprint density at radius 1 is 1.40 bits per heavy atom. The lowest BCUT2D eigenvalue weighted by atomic mass is 10.1. The largest absolute Gasteiger partial charge is 0.326 e. The zero-order valence-electron chi connectivity index (χ0n) is 14.6. The van der Waals surface area contributed by atoms with Crippen LogP contribution in [0.15, 0.2) is 34.5 Å². The molecule has 2 aromatic rings. The Morgan fingerprint density at radius 2 is 2.28 bits per heavy atom. The van der Waals surface area contributed by atoms with E-state index in [1.165, 1.54) is 11.3 Å². The fraction of sp³-hybridized carbons (Fsp3) is 0.471. The normalized spacial score (nSPS) is 20.4. The van der Waals surface area contributed by atoms with Crippen molar-refractivity contribution in [3.05, 3.63) is 40.2 Å². The quantitative estimate of drug-likeness (QED) is 0.816. The Morgan fingerprint density at radius 3 is 2.96 bits per heavy atom. The topological polar surface area (TPSA) is 58.3 Å². The van der Waals surface area contributed by atoms with Crippen LogP contribution in [-0.2, 0) is 7.05 Å². The molecule has 0 radical (unpaired) electrons. The Bertz CT molecular complexity index is 805. The molecule has 1 fully saturated rings. The van der Waals surface area contributed by atoms with Crippen molar-refractivity contribution in [2.24, 2.45) is 12.0 Å². The number of amidine groups is 1. The Labute approximate surface area is 156 Å². The van der Waals surface area contributed by atoms with Crippen molar-refractivity contribution < 1.29 is 0 Å². The maximum atomic E-state index is 4.86. The number of rotatable bonds is 5. The fourth-order valence-corrected chi connectivity index (χ4v) is 4.48. The van der Waals surface area contributed by atoms with Gasteiger partial charge in [-0.25, -0.2) is 4.98 Å². The summed E-state index contributed by atoms with van der Waals surface area (Å²) in [7, 11) is 1.96. The number of nitrogens with zero attached hydrogens (tertiary/aromatic N) is 5. The highest BCUT2D eigenvalue weighted by molar-refractivity contribution is 7.98. The number of fused-ring (bicyclic) bond motifs is 1. The molecule has 2 aliphatic heterocycles. The first-order valence-corrected chi connectivity index (χ1v) is 10.2. The molecule has 25 heavy (non-hydrogen) atoms. The van der Waals surface area contributed by atoms with Crippen molar-refractivity contribution in [2.75, 3.05) is 13.1 Å². The predicted octanol–water partition coefficient (Wildman–Crippen LogP) is 2.77. The molecule has 2 aromatic heterocycles. The van der Waals surface area contributed by atoms with Gasteiger partial charge in [-0.2, -0.15) is 5.10 Å². The third kappa shape index (κ3) is 3.38. The van der Waals surface area contributed by atoms with Gasteiger partial charge in [0.1, 0.15) is 0 Å². The third-order valence-electron chi connectivity index (χ3n) is 4.28. The molecule has 0 saturated carbocycles. The van der Waals surface area contributed by atoms with Crippen molar-refractivity contribution in [3.8, 4) is 0 Å². The van der Waals surface area contributed by atoms with E-state index in [1.807, 2.05) is 29.5 Å². The van der Waals surface area contributed by atoms with Gasteiger partial charge in [-0.1, -0.05) is 25.8 Å². The molecule has 0 aliphatic carbocycles. The number of aryl methyl sites for hydroxylation is 1. The predicted molar refractivity (Wildman–Crippen MR) is 105 cm³/mol. The van der Waals surface area contributed by atoms with E-state index in [-0.39, 0.29) is 0 Å². The molecule has 6 nitrogen and oxygen atoms in total. The summed E-state index contributed by atoms with van der Waals surface area (Å²) in [5.74, 6) is 1.00. The molecule has 1 saturated heterocycles. The molecule has 8 heteroatoms. The SMILES string of the molecule is CC(C)SNC1CC2=C(c3ccn(C)n3)CN=C(c3nccs3)N2C1. The minimum atomic E-state index is 0.407. The molecular weight excluding hydrogens is 352 g/mol. The highest BCUT2D eigenvalue weighted by atomic mass is 32.2. The molecule has 4 rings (SSSR count). The van der Waals surface area contributed by atoms with E-state index in [2.05, 4.69) is 39.6 Å². The lowest BCUT2D eigenvalue weighted by Crippen LogP contribution is -2.35. The highest BCUT2D eigenvalue weighted by Gasteiger charge is 2.36. The van der Waals surface area contributed by atoms with E-state index < -0.39 is 0 Å². The molecule has 1 unspecified atom stereocenters. The Kier molecular flexibility index (Phi) is 4.66. The summed E-state index contributed by atoms with van der Waals surface area (Å²) in [4.78, 5) is 11.7. The van der Waals surface area contributed by atoms with Crippen molar-refractivity contribution >= 4 is 34.7 Å². The van der Waals surface area contributed by atoms with Crippen LogP contribution < -0.4 is 4.72 Å². The average molecular weight is 375 g/mol. The van der Waals surface area contributed by atoms with Crippen LogP contribution in [0.5, 0.6) is 0 Å². The van der Waals surface area contributed by atoms with Gasteiger partial charge in [0.15, 0.2) is 10.8 Å². The fourth-order valence-electron chi connectivity index (χ4n) is 3.20. The number of hydrogen-bond donors (Lipinski definition) is 1. The minimum absolute atomic E-state index is 0.407. The van der Waals surface area contributed by atoms with Gasteiger partial charge in [-0.15, -0.1) is 11.3 Å². The minimum Gasteiger partial charge on any atom is -0.326 e. The number of hydrogen-bond acceptors (Lipinski definition) is 7. The molecule has 0 spiro atoms. The monoisotopic (exact) mass is 374 g/mol. The number of aromatic nitrogens is 3. The molecule has 0 bridgehead atoms. The first-order valence-electron chi connectivity index (χ1n) is 8.47. The lowest BCUT2D eigenvalue weighted by Gasteiger charge is -2.27. The van der Waals surface area contributed by atoms with Crippen molar-refractivity contribution in [2.45, 2.75) is 31.6 Å². The highest BCUT2D eigenvalue weighted by Crippen LogP contribution is 2.35. The second-order valence-electron chi connectivity index (χ2n) is 6.57. The summed E-state index contributed by atoms with van der Waals surface area (Å²) in [6.45, 7) is 6.01. The Balaban J connectivity index is 1.66. The van der Waals surface area contributed by atoms with Gasteiger partial charge in [0.05, 0.1) is 12.2 Å². The van der Waals surface area contributed by atoms with E-state index in [9.17, 15) is 0 Å². The summed E-state index contributed by atoms with van der Waals surface area (Å²) < 4.78 is 5.48. The van der Waals surface area contributed by atoms with Gasteiger partial charge >= 0.3 is 0 Å². The van der Waals surface area contributed by atoms with Crippen LogP contribution in [0.1, 0.15) is 31.0 Å². The molecule has 132 valence electrons. The molecule has 2 aliphatic rings. The summed E-state index contributed by atoms with van der Waals surface area (Å²) in [5.41, 5.74) is 3.60. The van der Waals surface area contributed by atoms with Crippen LogP contribution in [0.2, 0.25) is 0 Å². The van der Waals surface area contributed by atoms with Gasteiger partial charge < -0.3 is 4.90 Å². The number of nitrogens with one attached hydrogen (secondary N) is 1. The van der Waals surface area contributed by atoms with Crippen LogP contribution in [0.4, 0.5) is 0 Å². The van der Waals surface area contributed by atoms with E-state index in [0.717, 1.165) is 29.5 Å². The Hall–Kier alpha value is -1.64. The van der Waals surface area contributed by atoms with Crippen molar-refractivity contribution in [1.29, 1.82) is 0 Å². The first-order chi connectivity index (χ1) is 12.1. The number of aliphatic imine (C=N–C) groups is 1. The van der Waals surface area contributed by atoms with Gasteiger partial charge in [-0.05, 0) is 6.07 Å². The zero-order chi connectivity index (χ0) is 17.4. The molecule has 1 N–H and O–H groups in total. The van der Waals surface area contributed by atoms with Crippen molar-refractivity contribution in [1.82, 2.24) is 24.4 Å². The summed E-state index contributed by atoms with van der Waals surface area (Å²) in [5, 5.41) is 8.17. The standard InChI is InChI=1S/C17H22N6S2/c1-11(2)25-21-12-8-15-13(14-4-6-22(3)20-14)9-19-16(23(15)10-12)17-18-5-7-24-17/h4-7,11-12,21H,8-10H2,1-3H3. The van der Waals surface area contributed by atoms with E-state index in [1.54, 1.807) is 23.3 Å². The maximum Gasteiger partial charge on any atom is 0.165 e. The van der Waals surface area contributed by atoms with Crippen LogP contribution in [0.3, 0.4) is 0 Å². The second kappa shape index (κ2) is 6.93. The molecule has 1 atom stereocenters. The van der Waals surface area contributed by atoms with Gasteiger partial charge in [-0.3, -0.25) is 14.4 Å². The van der Waals surface area contributed by atoms with Crippen LogP contribution in [-0.4, -0.2) is 49.9 Å². The van der Waals surface area contributed by atoms with Crippen LogP contribution in [0.25, 0.3) is 5.57 Å². The summed E-state index contributed by atoms with van der Waals surface area (Å²) >= 11 is 3.45. The van der Waals surface area contributed by atoms with E-state index in [0.29, 0.717) is 17.8 Å². The smallest absolute Gasteiger partial charge is 0.165 e. The van der Waals surface area contributed by atoms with E-state index in [4.69, 9.17) is 4.99 Å². The third-order valence-corrected chi connectivity index (χ3v) is 5.99. The molecule has 0 amide bonds. The molecular formula is C17H22N6S2. The zero-order valence-corrected chi connectivity index (χ0v) is 16.3. The van der Waals surface area contributed by atoms with Gasteiger partial charge in [0.2, 0.25) is 0 Å². The van der Waals surface area contributed by atoms with Gasteiger partial charge in [0.25, 0.3) is 0 Å². The number of thiazole rings is 1. The maximum absolute atomic E-state index is 4.86. The second-order valence-corrected chi connectivity index (χ2v) is 8.88. The molecule has 0 aromatic carbocycles. The first kappa shape index (κ1) is 16.8. The van der Waals surface area contributed by atoms with Gasteiger partial charge in [0, 0.05) is 60.3 Å². The van der Waals surface area contributed by atoms with Crippen LogP contribution >= 0.6 is 23.3 Å². The van der Waals surface area contributed by atoms with Crippen LogP contribution in [0, 0.1) is 0 Å². The lowest BCUT2D eigenvalue weighted by molar-refractivity contribution is 0.544. The van der Waals surface area contributed by atoms with E-state index >= 15 is 0 Å². The average Bonchev–Trinajstić information content (AvgIpc) is 3.32. The summed E-state index contributed by atoms with van der Waals surface area (Å²) in [6.07, 6.45) is 4.84. The summed E-state index contributed by atoms with van der Waals surface area (Å²) in [6, 6.07) is 2.48. The molecule has 4 heterocycles.